The Balaban J connectivity index is 2.35. The predicted octanol–water partition coefficient (Wildman–Crippen LogP) is 2.62. The van der Waals surface area contributed by atoms with Crippen molar-refractivity contribution >= 4 is 0 Å². The molecule has 0 unspecified atom stereocenters. The fourth-order valence-electron chi connectivity index (χ4n) is 1.73. The lowest BCUT2D eigenvalue weighted by atomic mass is 10.1. The highest BCUT2D eigenvalue weighted by molar-refractivity contribution is 5.21. The van der Waals surface area contributed by atoms with E-state index in [2.05, 4.69) is 9.97 Å². The van der Waals surface area contributed by atoms with E-state index in [0.29, 0.717) is 17.8 Å². The number of benzene rings is 1. The molecule has 94 valence electrons. The molecular formula is C14H15FN2O. The molecule has 0 spiro atoms. The van der Waals surface area contributed by atoms with Crippen molar-refractivity contribution < 1.29 is 4.39 Å². The number of rotatable bonds is 3. The summed E-state index contributed by atoms with van der Waals surface area (Å²) in [4.78, 5) is 18.5. The Kier molecular flexibility index (Phi) is 3.55. The molecule has 4 heteroatoms. The molecule has 0 fully saturated rings. The van der Waals surface area contributed by atoms with Crippen LogP contribution in [0.3, 0.4) is 0 Å². The van der Waals surface area contributed by atoms with Crippen molar-refractivity contribution in [1.29, 1.82) is 0 Å². The van der Waals surface area contributed by atoms with Crippen LogP contribution >= 0.6 is 0 Å². The summed E-state index contributed by atoms with van der Waals surface area (Å²) in [5, 5.41) is 0. The molecule has 0 atom stereocenters. The van der Waals surface area contributed by atoms with E-state index < -0.39 is 0 Å². The summed E-state index contributed by atoms with van der Waals surface area (Å²) in [6.07, 6.45) is 0.294. The van der Waals surface area contributed by atoms with Gasteiger partial charge in [0.05, 0.1) is 5.69 Å². The van der Waals surface area contributed by atoms with Crippen LogP contribution in [-0.4, -0.2) is 9.97 Å². The number of aromatic amines is 1. The topological polar surface area (TPSA) is 45.8 Å². The van der Waals surface area contributed by atoms with Gasteiger partial charge in [0.2, 0.25) is 0 Å². The first-order valence-electron chi connectivity index (χ1n) is 5.90. The van der Waals surface area contributed by atoms with Crippen molar-refractivity contribution in [3.63, 3.8) is 0 Å². The first-order chi connectivity index (χ1) is 8.56. The van der Waals surface area contributed by atoms with Crippen molar-refractivity contribution in [2.45, 2.75) is 26.2 Å². The molecule has 3 nitrogen and oxygen atoms in total. The number of nitrogens with one attached hydrogen (secondary N) is 1. The molecule has 0 aliphatic heterocycles. The van der Waals surface area contributed by atoms with Crippen molar-refractivity contribution in [1.82, 2.24) is 9.97 Å². The molecule has 0 aliphatic carbocycles. The Hall–Kier alpha value is -1.97. The lowest BCUT2D eigenvalue weighted by molar-refractivity contribution is 0.611. The van der Waals surface area contributed by atoms with Crippen LogP contribution in [0.5, 0.6) is 0 Å². The standard InChI is InChI=1S/C14H15FN2O/c1-9(2)12-8-14(18)17-13(16-12)7-10-5-3-4-6-11(10)15/h3-6,8-9H,7H2,1-2H3,(H,16,17,18). The second-order valence-electron chi connectivity index (χ2n) is 4.54. The highest BCUT2D eigenvalue weighted by Gasteiger charge is 2.08. The quantitative estimate of drug-likeness (QED) is 0.904. The first kappa shape index (κ1) is 12.5. The van der Waals surface area contributed by atoms with Crippen molar-refractivity contribution in [2.24, 2.45) is 0 Å². The molecule has 1 N–H and O–H groups in total. The summed E-state index contributed by atoms with van der Waals surface area (Å²) in [5.74, 6) is 0.387. The van der Waals surface area contributed by atoms with Gasteiger partial charge in [0.25, 0.3) is 5.56 Å². The normalized spacial score (nSPS) is 10.9. The van der Waals surface area contributed by atoms with E-state index in [1.807, 2.05) is 13.8 Å². The van der Waals surface area contributed by atoms with Crippen LogP contribution < -0.4 is 5.56 Å². The zero-order valence-electron chi connectivity index (χ0n) is 10.4. The SMILES string of the molecule is CC(C)c1cc(=O)[nH]c(Cc2ccccc2F)n1. The molecule has 1 aromatic carbocycles. The van der Waals surface area contributed by atoms with Gasteiger partial charge in [-0.2, -0.15) is 0 Å². The van der Waals surface area contributed by atoms with Crippen LogP contribution in [0, 0.1) is 5.82 Å². The fourth-order valence-corrected chi connectivity index (χ4v) is 1.73. The molecule has 1 aromatic heterocycles. The van der Waals surface area contributed by atoms with E-state index in [1.165, 1.54) is 12.1 Å². The van der Waals surface area contributed by atoms with Crippen molar-refractivity contribution in [3.8, 4) is 0 Å². The smallest absolute Gasteiger partial charge is 0.251 e. The highest BCUT2D eigenvalue weighted by Crippen LogP contribution is 2.12. The molecule has 0 radical (unpaired) electrons. The third-order valence-electron chi connectivity index (χ3n) is 2.72. The van der Waals surface area contributed by atoms with Gasteiger partial charge in [0, 0.05) is 12.5 Å². The summed E-state index contributed by atoms with van der Waals surface area (Å²) in [5.41, 5.74) is 1.06. The minimum atomic E-state index is -0.282. The first-order valence-corrected chi connectivity index (χ1v) is 5.90. The van der Waals surface area contributed by atoms with Gasteiger partial charge in [-0.1, -0.05) is 32.0 Å². The molecule has 0 saturated heterocycles. The van der Waals surface area contributed by atoms with Crippen LogP contribution in [0.4, 0.5) is 4.39 Å². The Labute approximate surface area is 105 Å². The van der Waals surface area contributed by atoms with Gasteiger partial charge < -0.3 is 4.98 Å². The molecule has 2 rings (SSSR count). The third-order valence-corrected chi connectivity index (χ3v) is 2.72. The molecule has 1 heterocycles. The maximum absolute atomic E-state index is 13.5. The van der Waals surface area contributed by atoms with E-state index in [-0.39, 0.29) is 17.3 Å². The zero-order valence-corrected chi connectivity index (χ0v) is 10.4. The van der Waals surface area contributed by atoms with Crippen LogP contribution in [0.15, 0.2) is 35.1 Å². The number of nitrogens with zero attached hydrogens (tertiary/aromatic N) is 1. The molecule has 0 saturated carbocycles. The second kappa shape index (κ2) is 5.12. The number of hydrogen-bond donors (Lipinski definition) is 1. The lowest BCUT2D eigenvalue weighted by Crippen LogP contribution is -2.14. The van der Waals surface area contributed by atoms with Crippen LogP contribution in [0.2, 0.25) is 0 Å². The average molecular weight is 246 g/mol. The van der Waals surface area contributed by atoms with E-state index in [0.717, 1.165) is 5.69 Å². The van der Waals surface area contributed by atoms with Gasteiger partial charge in [0.1, 0.15) is 11.6 Å². The van der Waals surface area contributed by atoms with E-state index in [9.17, 15) is 9.18 Å². The molecule has 0 bridgehead atoms. The Morgan fingerprint density at radius 3 is 2.72 bits per heavy atom. The van der Waals surface area contributed by atoms with Gasteiger partial charge >= 0.3 is 0 Å². The van der Waals surface area contributed by atoms with Gasteiger partial charge in [-0.05, 0) is 17.5 Å². The summed E-state index contributed by atoms with van der Waals surface area (Å²) in [6.45, 7) is 3.93. The Bertz CT molecular complexity index is 605. The number of aromatic nitrogens is 2. The van der Waals surface area contributed by atoms with Gasteiger partial charge in [0.15, 0.2) is 0 Å². The number of H-pyrrole nitrogens is 1. The Morgan fingerprint density at radius 2 is 2.06 bits per heavy atom. The monoisotopic (exact) mass is 246 g/mol. The van der Waals surface area contributed by atoms with Crippen LogP contribution in [0.25, 0.3) is 0 Å². The van der Waals surface area contributed by atoms with E-state index in [4.69, 9.17) is 0 Å². The summed E-state index contributed by atoms with van der Waals surface area (Å²) in [6, 6.07) is 7.98. The van der Waals surface area contributed by atoms with Crippen molar-refractivity contribution in [2.75, 3.05) is 0 Å². The van der Waals surface area contributed by atoms with Gasteiger partial charge in [-0.25, -0.2) is 9.37 Å². The maximum atomic E-state index is 13.5. The molecular weight excluding hydrogens is 231 g/mol. The van der Waals surface area contributed by atoms with Crippen LogP contribution in [-0.2, 0) is 6.42 Å². The summed E-state index contributed by atoms with van der Waals surface area (Å²) < 4.78 is 13.5. The number of hydrogen-bond acceptors (Lipinski definition) is 2. The third kappa shape index (κ3) is 2.83. The Morgan fingerprint density at radius 1 is 1.33 bits per heavy atom. The van der Waals surface area contributed by atoms with Gasteiger partial charge in [-0.15, -0.1) is 0 Å². The maximum Gasteiger partial charge on any atom is 0.251 e. The average Bonchev–Trinajstić information content (AvgIpc) is 2.31. The fraction of sp³-hybridized carbons (Fsp3) is 0.286. The van der Waals surface area contributed by atoms with E-state index in [1.54, 1.807) is 18.2 Å². The molecule has 0 amide bonds. The van der Waals surface area contributed by atoms with Gasteiger partial charge in [-0.3, -0.25) is 4.79 Å². The highest BCUT2D eigenvalue weighted by atomic mass is 19.1. The summed E-state index contributed by atoms with van der Waals surface area (Å²) in [7, 11) is 0. The largest absolute Gasteiger partial charge is 0.310 e. The van der Waals surface area contributed by atoms with E-state index >= 15 is 0 Å². The molecule has 0 aliphatic rings. The molecule has 18 heavy (non-hydrogen) atoms. The predicted molar refractivity (Wildman–Crippen MR) is 68.2 cm³/mol. The molecule has 2 aromatic rings. The summed E-state index contributed by atoms with van der Waals surface area (Å²) >= 11 is 0. The number of halogens is 1. The second-order valence-corrected chi connectivity index (χ2v) is 4.54. The minimum absolute atomic E-state index is 0.173. The van der Waals surface area contributed by atoms with Crippen LogP contribution in [0.1, 0.15) is 36.8 Å². The zero-order chi connectivity index (χ0) is 13.1. The minimum Gasteiger partial charge on any atom is -0.310 e. The van der Waals surface area contributed by atoms with Crippen molar-refractivity contribution in [3.05, 3.63) is 63.6 Å². The lowest BCUT2D eigenvalue weighted by Gasteiger charge is -2.07.